The third-order valence-electron chi connectivity index (χ3n) is 15.6. The molecule has 0 amide bonds. The van der Waals surface area contributed by atoms with Crippen LogP contribution in [0, 0.1) is 0 Å². The molecule has 0 bridgehead atoms. The minimum Gasteiger partial charge on any atom is -0.310 e. The molecule has 5 heterocycles. The second kappa shape index (κ2) is 15.0. The predicted octanol–water partition coefficient (Wildman–Crippen LogP) is 17.7. The van der Waals surface area contributed by atoms with Crippen molar-refractivity contribution < 1.29 is 0 Å². The van der Waals surface area contributed by atoms with Gasteiger partial charge in [0.25, 0.3) is 0 Å². The van der Waals surface area contributed by atoms with E-state index in [1.807, 2.05) is 0 Å². The second-order valence-corrected chi connectivity index (χ2v) is 19.3. The van der Waals surface area contributed by atoms with Gasteiger partial charge >= 0.3 is 0 Å². The van der Waals surface area contributed by atoms with Crippen LogP contribution in [0.5, 0.6) is 0 Å². The van der Waals surface area contributed by atoms with Gasteiger partial charge in [0, 0.05) is 66.5 Å². The van der Waals surface area contributed by atoms with Crippen LogP contribution in [0.25, 0.3) is 82.5 Å². The smallest absolute Gasteiger partial charge is 0.0545 e. The van der Waals surface area contributed by atoms with Gasteiger partial charge in [-0.1, -0.05) is 158 Å². The fraction of sp³-hybridized carbons (Fsp3) is 0.0149. The van der Waals surface area contributed by atoms with Crippen LogP contribution in [0.2, 0.25) is 0 Å². The molecule has 0 saturated carbocycles. The third-order valence-corrected chi connectivity index (χ3v) is 15.6. The average molecular weight is 918 g/mol. The van der Waals surface area contributed by atoms with E-state index in [0.29, 0.717) is 0 Å². The second-order valence-electron chi connectivity index (χ2n) is 19.3. The van der Waals surface area contributed by atoms with Crippen molar-refractivity contribution in [3.63, 3.8) is 0 Å². The summed E-state index contributed by atoms with van der Waals surface area (Å²) in [4.78, 5) is 5.08. The van der Waals surface area contributed by atoms with Gasteiger partial charge in [-0.15, -0.1) is 0 Å². The molecule has 11 aromatic carbocycles. The molecule has 3 aromatic heterocycles. The van der Waals surface area contributed by atoms with E-state index in [2.05, 4.69) is 278 Å². The Kier molecular flexibility index (Phi) is 8.16. The maximum atomic E-state index is 2.54. The number of hydrogen-bond donors (Lipinski definition) is 0. The predicted molar refractivity (Wildman–Crippen MR) is 300 cm³/mol. The first kappa shape index (κ1) is 39.3. The molecule has 2 aliphatic rings. The van der Waals surface area contributed by atoms with Gasteiger partial charge in [0.15, 0.2) is 0 Å². The van der Waals surface area contributed by atoms with Crippen LogP contribution in [0.4, 0.5) is 34.1 Å². The Bertz CT molecular complexity index is 4150. The zero-order valence-electron chi connectivity index (χ0n) is 39.1. The molecule has 0 aliphatic carbocycles. The molecule has 0 saturated heterocycles. The van der Waals surface area contributed by atoms with Crippen molar-refractivity contribution in [1.29, 1.82) is 0 Å². The van der Waals surface area contributed by atoms with Gasteiger partial charge in [-0.05, 0) is 108 Å². The first-order valence-electron chi connectivity index (χ1n) is 24.9. The Hall–Kier alpha value is -9.58. The number of para-hydroxylation sites is 8. The highest BCUT2D eigenvalue weighted by atomic mass is 15.2. The summed E-state index contributed by atoms with van der Waals surface area (Å²) in [6, 6.07) is 94.4. The molecular weight excluding hydrogens is 875 g/mol. The van der Waals surface area contributed by atoms with Crippen LogP contribution >= 0.6 is 0 Å². The minimum atomic E-state index is -0.0912. The topological polar surface area (TPSA) is 21.3 Å². The van der Waals surface area contributed by atoms with E-state index in [-0.39, 0.29) is 5.92 Å². The summed E-state index contributed by atoms with van der Waals surface area (Å²) >= 11 is 0. The molecule has 0 fully saturated rings. The third kappa shape index (κ3) is 5.42. The van der Waals surface area contributed by atoms with Crippen LogP contribution < -0.4 is 9.80 Å². The average Bonchev–Trinajstić information content (AvgIpc) is 4.09. The fourth-order valence-electron chi connectivity index (χ4n) is 12.7. The number of hydrogen-bond acceptors (Lipinski definition) is 2. The van der Waals surface area contributed by atoms with Crippen LogP contribution in [-0.2, 0) is 0 Å². The standard InChI is InChI=1S/C67H43N5/c1-3-19-43(20-4-1)68-62-39-45(70-56-29-13-7-23-48(56)49-24-8-14-30-57(49)70)35-37-54(62)66-55-38-36-46(71-58-31-15-9-25-50(58)51-26-10-16-32-59(51)71)40-63(55)69(44-21-5-2-6-22-44)65-42-47(41-64(68)67(65)66)72-60-33-17-11-27-52(60)53-28-12-18-34-61(53)72/h1-42,66H. The largest absolute Gasteiger partial charge is 0.310 e. The molecule has 5 heteroatoms. The summed E-state index contributed by atoms with van der Waals surface area (Å²) in [5, 5.41) is 7.46. The van der Waals surface area contributed by atoms with Gasteiger partial charge in [0.2, 0.25) is 0 Å². The Morgan fingerprint density at radius 3 is 0.833 bits per heavy atom. The van der Waals surface area contributed by atoms with Crippen molar-refractivity contribution in [2.24, 2.45) is 0 Å². The van der Waals surface area contributed by atoms with Gasteiger partial charge in [-0.25, -0.2) is 0 Å². The quantitative estimate of drug-likeness (QED) is 0.172. The molecule has 0 atom stereocenters. The molecular formula is C67H43N5. The van der Waals surface area contributed by atoms with Gasteiger partial charge < -0.3 is 23.5 Å². The lowest BCUT2D eigenvalue weighted by molar-refractivity contribution is 0.903. The van der Waals surface area contributed by atoms with Gasteiger partial charge in [-0.2, -0.15) is 0 Å². The molecule has 0 N–H and O–H groups in total. The molecule has 16 rings (SSSR count). The molecule has 5 nitrogen and oxygen atoms in total. The monoisotopic (exact) mass is 917 g/mol. The van der Waals surface area contributed by atoms with Crippen LogP contribution in [0.3, 0.4) is 0 Å². The SMILES string of the molecule is c1ccc(N2c3cc(-n4c5ccccc5c5ccccc54)ccc3C3c4ccc(-n5c6ccccc6c6ccccc65)cc4N(c4ccccc4)c4cc(-n5c6ccccc6c6ccccc65)cc2c43)cc1. The maximum absolute atomic E-state index is 2.54. The summed E-state index contributed by atoms with van der Waals surface area (Å²) in [7, 11) is 0. The van der Waals surface area contributed by atoms with Crippen LogP contribution in [0.15, 0.2) is 255 Å². The lowest BCUT2D eigenvalue weighted by atomic mass is 9.75. The number of fused-ring (bicyclic) bond motifs is 13. The number of anilines is 6. The van der Waals surface area contributed by atoms with E-state index in [1.165, 1.54) is 82.1 Å². The number of rotatable bonds is 5. The van der Waals surface area contributed by atoms with E-state index < -0.39 is 0 Å². The zero-order valence-corrected chi connectivity index (χ0v) is 39.1. The Balaban J connectivity index is 1.04. The lowest BCUT2D eigenvalue weighted by Gasteiger charge is -2.45. The Morgan fingerprint density at radius 2 is 0.500 bits per heavy atom. The van der Waals surface area contributed by atoms with Crippen molar-refractivity contribution >= 4 is 99.5 Å². The van der Waals surface area contributed by atoms with Crippen molar-refractivity contribution in [2.75, 3.05) is 9.80 Å². The molecule has 14 aromatic rings. The molecule has 72 heavy (non-hydrogen) atoms. The summed E-state index contributed by atoms with van der Waals surface area (Å²) in [5.74, 6) is -0.0912. The normalized spacial score (nSPS) is 13.2. The maximum Gasteiger partial charge on any atom is 0.0545 e. The number of benzene rings is 11. The Labute approximate surface area is 415 Å². The van der Waals surface area contributed by atoms with Gasteiger partial charge in [0.1, 0.15) is 0 Å². The summed E-state index contributed by atoms with van der Waals surface area (Å²) < 4.78 is 7.39. The molecule has 2 aliphatic heterocycles. The molecule has 336 valence electrons. The first-order valence-corrected chi connectivity index (χ1v) is 24.9. The zero-order chi connectivity index (χ0) is 47.0. The van der Waals surface area contributed by atoms with Gasteiger partial charge in [0.05, 0.1) is 61.5 Å². The van der Waals surface area contributed by atoms with Crippen LogP contribution in [0.1, 0.15) is 22.6 Å². The number of aromatic nitrogens is 3. The first-order chi connectivity index (χ1) is 35.8. The molecule has 0 spiro atoms. The van der Waals surface area contributed by atoms with Crippen molar-refractivity contribution in [2.45, 2.75) is 5.92 Å². The summed E-state index contributed by atoms with van der Waals surface area (Å²) in [6.07, 6.45) is 0. The highest BCUT2D eigenvalue weighted by Gasteiger charge is 2.42. The van der Waals surface area contributed by atoms with Crippen molar-refractivity contribution in [3.05, 3.63) is 271 Å². The highest BCUT2D eigenvalue weighted by Crippen LogP contribution is 2.62. The summed E-state index contributed by atoms with van der Waals surface area (Å²) in [5.41, 5.74) is 21.1. The molecule has 0 radical (unpaired) electrons. The van der Waals surface area contributed by atoms with Crippen LogP contribution in [-0.4, -0.2) is 13.7 Å². The van der Waals surface area contributed by atoms with E-state index >= 15 is 0 Å². The van der Waals surface area contributed by atoms with E-state index in [9.17, 15) is 0 Å². The van der Waals surface area contributed by atoms with E-state index in [0.717, 1.165) is 51.2 Å². The highest BCUT2D eigenvalue weighted by molar-refractivity contribution is 6.12. The van der Waals surface area contributed by atoms with Crippen molar-refractivity contribution in [1.82, 2.24) is 13.7 Å². The van der Waals surface area contributed by atoms with E-state index in [4.69, 9.17) is 0 Å². The van der Waals surface area contributed by atoms with E-state index in [1.54, 1.807) is 0 Å². The fourth-order valence-corrected chi connectivity index (χ4v) is 12.7. The van der Waals surface area contributed by atoms with Gasteiger partial charge in [-0.3, -0.25) is 0 Å². The Morgan fingerprint density at radius 1 is 0.222 bits per heavy atom. The lowest BCUT2D eigenvalue weighted by Crippen LogP contribution is -2.29. The number of nitrogens with zero attached hydrogens (tertiary/aromatic N) is 5. The minimum absolute atomic E-state index is 0.0912. The molecule has 0 unspecified atom stereocenters. The van der Waals surface area contributed by atoms with Crippen molar-refractivity contribution in [3.8, 4) is 17.1 Å². The summed E-state index contributed by atoms with van der Waals surface area (Å²) in [6.45, 7) is 0.